The van der Waals surface area contributed by atoms with E-state index in [0.29, 0.717) is 5.92 Å². The number of halogens is 1. The Hall–Kier alpha value is -1.49. The van der Waals surface area contributed by atoms with E-state index in [0.717, 1.165) is 37.4 Å². The van der Waals surface area contributed by atoms with E-state index in [1.54, 1.807) is 0 Å². The molecule has 6 heteroatoms. The maximum atomic E-state index is 4.50. The van der Waals surface area contributed by atoms with Crippen molar-refractivity contribution in [2.75, 3.05) is 5.32 Å². The van der Waals surface area contributed by atoms with Crippen LogP contribution >= 0.6 is 12.4 Å². The van der Waals surface area contributed by atoms with Gasteiger partial charge in [-0.25, -0.2) is 0 Å². The van der Waals surface area contributed by atoms with Gasteiger partial charge in [-0.1, -0.05) is 20.8 Å². The molecule has 0 atom stereocenters. The molecule has 0 saturated heterocycles. The number of aryl methyl sites for hydroxylation is 2. The minimum atomic E-state index is 0. The summed E-state index contributed by atoms with van der Waals surface area (Å²) in [5.74, 6) is 0.600. The van der Waals surface area contributed by atoms with Crippen molar-refractivity contribution in [3.8, 4) is 0 Å². The lowest BCUT2D eigenvalue weighted by Gasteiger charge is -2.10. The maximum absolute atomic E-state index is 4.50. The molecule has 0 saturated carbocycles. The van der Waals surface area contributed by atoms with Crippen LogP contribution in [0.4, 0.5) is 5.69 Å². The van der Waals surface area contributed by atoms with Crippen molar-refractivity contribution in [3.05, 3.63) is 29.8 Å². The molecule has 2 aromatic rings. The molecule has 0 unspecified atom stereocenters. The van der Waals surface area contributed by atoms with Crippen LogP contribution in [0.3, 0.4) is 0 Å². The summed E-state index contributed by atoms with van der Waals surface area (Å²) in [5.41, 5.74) is 3.37. The fraction of sp³-hybridized carbons (Fsp3) is 0.600. The molecule has 1 N–H and O–H groups in total. The second kappa shape index (κ2) is 8.08. The Morgan fingerprint density at radius 2 is 2.10 bits per heavy atom. The molecule has 0 aliphatic carbocycles. The van der Waals surface area contributed by atoms with Crippen LogP contribution in [0.5, 0.6) is 0 Å². The average Bonchev–Trinajstić information content (AvgIpc) is 2.94. The minimum absolute atomic E-state index is 0. The fourth-order valence-electron chi connectivity index (χ4n) is 2.24. The van der Waals surface area contributed by atoms with E-state index >= 15 is 0 Å². The summed E-state index contributed by atoms with van der Waals surface area (Å²) < 4.78 is 4.08. The van der Waals surface area contributed by atoms with Crippen LogP contribution in [0.25, 0.3) is 0 Å². The molecule has 5 nitrogen and oxygen atoms in total. The van der Waals surface area contributed by atoms with Crippen molar-refractivity contribution in [3.63, 3.8) is 0 Å². The SMILES string of the molecule is CCCn1cc(NCc2ccnn2CC(C)C)c(C)n1.Cl. The van der Waals surface area contributed by atoms with Gasteiger partial charge in [0.15, 0.2) is 0 Å². The molecule has 0 fully saturated rings. The third kappa shape index (κ3) is 4.77. The Kier molecular flexibility index (Phi) is 6.75. The first-order valence-corrected chi connectivity index (χ1v) is 7.38. The van der Waals surface area contributed by atoms with Crippen LogP contribution < -0.4 is 5.32 Å². The topological polar surface area (TPSA) is 47.7 Å². The minimum Gasteiger partial charge on any atom is -0.377 e. The number of nitrogens with zero attached hydrogens (tertiary/aromatic N) is 4. The second-order valence-electron chi connectivity index (χ2n) is 5.64. The summed E-state index contributed by atoms with van der Waals surface area (Å²) in [6.07, 6.45) is 5.05. The summed E-state index contributed by atoms with van der Waals surface area (Å²) in [7, 11) is 0. The van der Waals surface area contributed by atoms with Crippen molar-refractivity contribution in [1.82, 2.24) is 19.6 Å². The van der Waals surface area contributed by atoms with Crippen LogP contribution in [-0.4, -0.2) is 19.6 Å². The molecule has 0 aliphatic heterocycles. The van der Waals surface area contributed by atoms with Gasteiger partial charge in [-0.2, -0.15) is 10.2 Å². The Balaban J connectivity index is 0.00000220. The molecule has 2 rings (SSSR count). The summed E-state index contributed by atoms with van der Waals surface area (Å²) in [6.45, 7) is 11.3. The lowest BCUT2D eigenvalue weighted by Crippen LogP contribution is -2.12. The zero-order chi connectivity index (χ0) is 14.5. The van der Waals surface area contributed by atoms with Gasteiger partial charge < -0.3 is 5.32 Å². The van der Waals surface area contributed by atoms with Gasteiger partial charge in [-0.15, -0.1) is 12.4 Å². The van der Waals surface area contributed by atoms with E-state index in [9.17, 15) is 0 Å². The highest BCUT2D eigenvalue weighted by atomic mass is 35.5. The standard InChI is InChI=1S/C15H25N5.ClH/c1-5-8-19-11-15(13(4)18-19)16-9-14-6-7-17-20(14)10-12(2)3;/h6-7,11-12,16H,5,8-10H2,1-4H3;1H. The molecule has 118 valence electrons. The highest BCUT2D eigenvalue weighted by molar-refractivity contribution is 5.85. The molecular weight excluding hydrogens is 286 g/mol. The Morgan fingerprint density at radius 3 is 2.76 bits per heavy atom. The van der Waals surface area contributed by atoms with Crippen LogP contribution in [0.2, 0.25) is 0 Å². The van der Waals surface area contributed by atoms with E-state index in [1.807, 2.05) is 17.8 Å². The number of hydrogen-bond donors (Lipinski definition) is 1. The lowest BCUT2D eigenvalue weighted by atomic mass is 10.2. The van der Waals surface area contributed by atoms with Gasteiger partial charge in [-0.05, 0) is 25.3 Å². The predicted molar refractivity (Wildman–Crippen MR) is 88.9 cm³/mol. The fourth-order valence-corrected chi connectivity index (χ4v) is 2.24. The molecule has 21 heavy (non-hydrogen) atoms. The molecule has 0 radical (unpaired) electrons. The van der Waals surface area contributed by atoms with Crippen LogP contribution in [0, 0.1) is 12.8 Å². The largest absolute Gasteiger partial charge is 0.377 e. The van der Waals surface area contributed by atoms with E-state index in [2.05, 4.69) is 53.2 Å². The van der Waals surface area contributed by atoms with Gasteiger partial charge in [0.05, 0.1) is 23.6 Å². The molecule has 2 aromatic heterocycles. The summed E-state index contributed by atoms with van der Waals surface area (Å²) in [5, 5.41) is 12.3. The molecule has 0 aliphatic rings. The highest BCUT2D eigenvalue weighted by Gasteiger charge is 2.07. The molecular formula is C15H26ClN5. The van der Waals surface area contributed by atoms with Crippen molar-refractivity contribution >= 4 is 18.1 Å². The lowest BCUT2D eigenvalue weighted by molar-refractivity contribution is 0.470. The quantitative estimate of drug-likeness (QED) is 0.851. The van der Waals surface area contributed by atoms with Gasteiger partial charge >= 0.3 is 0 Å². The summed E-state index contributed by atoms with van der Waals surface area (Å²) in [4.78, 5) is 0. The zero-order valence-corrected chi connectivity index (χ0v) is 14.2. The predicted octanol–water partition coefficient (Wildman–Crippen LogP) is 3.49. The monoisotopic (exact) mass is 311 g/mol. The van der Waals surface area contributed by atoms with Crippen molar-refractivity contribution in [1.29, 1.82) is 0 Å². The average molecular weight is 312 g/mol. The third-order valence-corrected chi connectivity index (χ3v) is 3.20. The Labute approximate surface area is 133 Å². The first-order valence-electron chi connectivity index (χ1n) is 7.38. The summed E-state index contributed by atoms with van der Waals surface area (Å²) in [6, 6.07) is 2.07. The first kappa shape index (κ1) is 17.6. The zero-order valence-electron chi connectivity index (χ0n) is 13.3. The molecule has 0 aromatic carbocycles. The highest BCUT2D eigenvalue weighted by Crippen LogP contribution is 2.14. The van der Waals surface area contributed by atoms with Gasteiger partial charge in [0.25, 0.3) is 0 Å². The van der Waals surface area contributed by atoms with Crippen LogP contribution in [-0.2, 0) is 19.6 Å². The van der Waals surface area contributed by atoms with E-state index < -0.39 is 0 Å². The van der Waals surface area contributed by atoms with Crippen LogP contribution in [0.1, 0.15) is 38.6 Å². The van der Waals surface area contributed by atoms with Crippen molar-refractivity contribution in [2.45, 2.75) is 53.8 Å². The number of anilines is 1. The Morgan fingerprint density at radius 1 is 1.33 bits per heavy atom. The normalized spacial score (nSPS) is 10.7. The number of nitrogens with one attached hydrogen (secondary N) is 1. The molecule has 2 heterocycles. The second-order valence-corrected chi connectivity index (χ2v) is 5.64. The maximum Gasteiger partial charge on any atom is 0.0825 e. The van der Waals surface area contributed by atoms with E-state index in [1.165, 1.54) is 5.69 Å². The molecule has 0 spiro atoms. The van der Waals surface area contributed by atoms with Gasteiger partial charge in [0.1, 0.15) is 0 Å². The molecule has 0 bridgehead atoms. The first-order chi connectivity index (χ1) is 9.60. The van der Waals surface area contributed by atoms with Gasteiger partial charge in [-0.3, -0.25) is 9.36 Å². The number of rotatable bonds is 7. The number of aromatic nitrogens is 4. The van der Waals surface area contributed by atoms with E-state index in [4.69, 9.17) is 0 Å². The molecule has 0 amide bonds. The Bertz CT molecular complexity index is 544. The van der Waals surface area contributed by atoms with Gasteiger partial charge in [0, 0.05) is 25.5 Å². The van der Waals surface area contributed by atoms with Crippen molar-refractivity contribution in [2.24, 2.45) is 5.92 Å². The van der Waals surface area contributed by atoms with Crippen LogP contribution in [0.15, 0.2) is 18.5 Å². The van der Waals surface area contributed by atoms with Crippen molar-refractivity contribution < 1.29 is 0 Å². The van der Waals surface area contributed by atoms with Gasteiger partial charge in [0.2, 0.25) is 0 Å². The summed E-state index contributed by atoms with van der Waals surface area (Å²) >= 11 is 0. The number of hydrogen-bond acceptors (Lipinski definition) is 3. The van der Waals surface area contributed by atoms with E-state index in [-0.39, 0.29) is 12.4 Å². The third-order valence-electron chi connectivity index (χ3n) is 3.20. The smallest absolute Gasteiger partial charge is 0.0825 e.